The highest BCUT2D eigenvalue weighted by Gasteiger charge is 2.27. The first-order chi connectivity index (χ1) is 13.0. The van der Waals surface area contributed by atoms with Crippen molar-refractivity contribution in [2.45, 2.75) is 77.5 Å². The minimum atomic E-state index is -1.17. The number of carbonyl (C=O) groups excluding carboxylic acids is 3. The molecule has 0 aromatic rings. The van der Waals surface area contributed by atoms with E-state index >= 15 is 0 Å². The third-order valence-electron chi connectivity index (χ3n) is 4.13. The molecule has 0 spiro atoms. The molecule has 0 saturated carbocycles. The number of hydrogen-bond donors (Lipinski definition) is 6. The lowest BCUT2D eigenvalue weighted by Crippen LogP contribution is -2.56. The molecule has 0 bridgehead atoms. The van der Waals surface area contributed by atoms with E-state index in [0.717, 1.165) is 6.42 Å². The summed E-state index contributed by atoms with van der Waals surface area (Å²) in [7, 11) is 0. The number of unbranched alkanes of at least 4 members (excludes halogenated alkanes) is 1. The molecule has 162 valence electrons. The zero-order valence-corrected chi connectivity index (χ0v) is 17.2. The Morgan fingerprint density at radius 2 is 1.43 bits per heavy atom. The van der Waals surface area contributed by atoms with Crippen molar-refractivity contribution in [3.8, 4) is 0 Å². The lowest BCUT2D eigenvalue weighted by molar-refractivity contribution is -0.141. The normalized spacial score (nSPS) is 15.2. The Morgan fingerprint density at radius 1 is 0.857 bits per heavy atom. The van der Waals surface area contributed by atoms with Gasteiger partial charge < -0.3 is 32.5 Å². The highest BCUT2D eigenvalue weighted by atomic mass is 16.4. The van der Waals surface area contributed by atoms with Crippen LogP contribution in [0, 0.1) is 5.92 Å². The van der Waals surface area contributed by atoms with Gasteiger partial charge in [-0.3, -0.25) is 19.2 Å². The van der Waals surface area contributed by atoms with E-state index in [0.29, 0.717) is 25.8 Å². The molecule has 4 unspecified atom stereocenters. The Bertz CT molecular complexity index is 540. The molecule has 0 fully saturated rings. The number of rotatable bonds is 13. The van der Waals surface area contributed by atoms with E-state index < -0.39 is 47.9 Å². The van der Waals surface area contributed by atoms with Crippen LogP contribution in [0.15, 0.2) is 0 Å². The van der Waals surface area contributed by atoms with E-state index in [-0.39, 0.29) is 5.92 Å². The molecule has 0 saturated heterocycles. The number of nitrogens with one attached hydrogen (secondary N) is 3. The van der Waals surface area contributed by atoms with Gasteiger partial charge in [-0.05, 0) is 45.6 Å². The molecule has 0 aromatic carbocycles. The quantitative estimate of drug-likeness (QED) is 0.216. The molecule has 4 atom stereocenters. The maximum absolute atomic E-state index is 12.4. The molecule has 0 aliphatic rings. The van der Waals surface area contributed by atoms with E-state index in [4.69, 9.17) is 16.6 Å². The molecule has 3 amide bonds. The Balaban J connectivity index is 4.80. The van der Waals surface area contributed by atoms with Gasteiger partial charge in [0.2, 0.25) is 17.7 Å². The van der Waals surface area contributed by atoms with Crippen molar-refractivity contribution in [3.63, 3.8) is 0 Å². The molecule has 0 heterocycles. The van der Waals surface area contributed by atoms with Crippen LogP contribution in [0.3, 0.4) is 0 Å². The smallest absolute Gasteiger partial charge is 0.325 e. The fourth-order valence-electron chi connectivity index (χ4n) is 2.40. The summed E-state index contributed by atoms with van der Waals surface area (Å²) in [6.45, 7) is 7.09. The van der Waals surface area contributed by atoms with Gasteiger partial charge in [-0.2, -0.15) is 0 Å². The maximum atomic E-state index is 12.4. The summed E-state index contributed by atoms with van der Waals surface area (Å²) < 4.78 is 0. The van der Waals surface area contributed by atoms with Crippen molar-refractivity contribution in [2.24, 2.45) is 17.4 Å². The Morgan fingerprint density at radius 3 is 1.93 bits per heavy atom. The number of carboxylic acid groups (broad SMARTS) is 1. The largest absolute Gasteiger partial charge is 0.480 e. The predicted octanol–water partition coefficient (Wildman–Crippen LogP) is -0.932. The van der Waals surface area contributed by atoms with E-state index in [9.17, 15) is 19.2 Å². The van der Waals surface area contributed by atoms with Gasteiger partial charge in [-0.25, -0.2) is 0 Å². The van der Waals surface area contributed by atoms with E-state index in [2.05, 4.69) is 16.0 Å². The predicted molar refractivity (Wildman–Crippen MR) is 105 cm³/mol. The lowest BCUT2D eigenvalue weighted by Gasteiger charge is -2.24. The van der Waals surface area contributed by atoms with E-state index in [1.165, 1.54) is 13.8 Å². The first-order valence-electron chi connectivity index (χ1n) is 9.59. The third kappa shape index (κ3) is 10.2. The van der Waals surface area contributed by atoms with Crippen molar-refractivity contribution in [1.82, 2.24) is 16.0 Å². The van der Waals surface area contributed by atoms with Crippen molar-refractivity contribution < 1.29 is 24.3 Å². The van der Waals surface area contributed by atoms with Crippen LogP contribution in [0.25, 0.3) is 0 Å². The number of hydrogen-bond acceptors (Lipinski definition) is 6. The second-order valence-electron chi connectivity index (χ2n) is 7.38. The SMILES string of the molecule is CC(C)CC(NC(=O)C(C)NC(=O)C(N)CCCCN)C(=O)NC(C)C(=O)O. The zero-order chi connectivity index (χ0) is 21.9. The summed E-state index contributed by atoms with van der Waals surface area (Å²) in [6, 6.07) is -3.63. The van der Waals surface area contributed by atoms with Crippen LogP contribution in [-0.2, 0) is 19.2 Å². The zero-order valence-electron chi connectivity index (χ0n) is 17.2. The number of carbonyl (C=O) groups is 4. The second kappa shape index (κ2) is 13.1. The molecule has 0 rings (SSSR count). The minimum absolute atomic E-state index is 0.0806. The molecule has 10 heteroatoms. The van der Waals surface area contributed by atoms with Gasteiger partial charge in [0.05, 0.1) is 6.04 Å². The number of aliphatic carboxylic acids is 1. The standard InChI is InChI=1S/C18H35N5O5/c1-10(2)9-14(17(26)22-12(4)18(27)28)23-15(24)11(3)21-16(25)13(20)7-5-6-8-19/h10-14H,5-9,19-20H2,1-4H3,(H,21,25)(H,22,26)(H,23,24)(H,27,28). The minimum Gasteiger partial charge on any atom is -0.480 e. The second-order valence-corrected chi connectivity index (χ2v) is 7.38. The van der Waals surface area contributed by atoms with Crippen molar-refractivity contribution in [3.05, 3.63) is 0 Å². The van der Waals surface area contributed by atoms with Crippen LogP contribution in [0.2, 0.25) is 0 Å². The lowest BCUT2D eigenvalue weighted by atomic mass is 10.0. The van der Waals surface area contributed by atoms with Gasteiger partial charge in [0.1, 0.15) is 18.1 Å². The Labute approximate surface area is 166 Å². The average Bonchev–Trinajstić information content (AvgIpc) is 2.60. The van der Waals surface area contributed by atoms with Crippen LogP contribution < -0.4 is 27.4 Å². The molecule has 0 aromatic heterocycles. The van der Waals surface area contributed by atoms with Crippen molar-refractivity contribution in [2.75, 3.05) is 6.54 Å². The van der Waals surface area contributed by atoms with Gasteiger partial charge in [0.15, 0.2) is 0 Å². The van der Waals surface area contributed by atoms with Crippen LogP contribution in [0.5, 0.6) is 0 Å². The van der Waals surface area contributed by atoms with Crippen LogP contribution in [0.4, 0.5) is 0 Å². The summed E-state index contributed by atoms with van der Waals surface area (Å²) in [4.78, 5) is 47.7. The fraction of sp³-hybridized carbons (Fsp3) is 0.778. The topological polar surface area (TPSA) is 177 Å². The van der Waals surface area contributed by atoms with E-state index in [1.807, 2.05) is 13.8 Å². The maximum Gasteiger partial charge on any atom is 0.325 e. The molecule has 10 nitrogen and oxygen atoms in total. The van der Waals surface area contributed by atoms with Crippen LogP contribution >= 0.6 is 0 Å². The monoisotopic (exact) mass is 401 g/mol. The summed E-state index contributed by atoms with van der Waals surface area (Å²) in [5.74, 6) is -2.69. The Hall–Kier alpha value is -2.20. The first-order valence-corrected chi connectivity index (χ1v) is 9.59. The highest BCUT2D eigenvalue weighted by Crippen LogP contribution is 2.06. The Kier molecular flexibility index (Phi) is 12.0. The first kappa shape index (κ1) is 25.8. The molecular weight excluding hydrogens is 366 g/mol. The molecule has 0 aliphatic carbocycles. The van der Waals surface area contributed by atoms with Crippen molar-refractivity contribution >= 4 is 23.7 Å². The summed E-state index contributed by atoms with van der Waals surface area (Å²) in [5, 5.41) is 16.4. The summed E-state index contributed by atoms with van der Waals surface area (Å²) in [6.07, 6.45) is 2.26. The van der Waals surface area contributed by atoms with Gasteiger partial charge >= 0.3 is 5.97 Å². The summed E-state index contributed by atoms with van der Waals surface area (Å²) in [5.41, 5.74) is 11.2. The number of amides is 3. The van der Waals surface area contributed by atoms with Crippen LogP contribution in [0.1, 0.15) is 53.4 Å². The highest BCUT2D eigenvalue weighted by molar-refractivity contribution is 5.93. The third-order valence-corrected chi connectivity index (χ3v) is 4.13. The average molecular weight is 402 g/mol. The van der Waals surface area contributed by atoms with Gasteiger partial charge in [0.25, 0.3) is 0 Å². The molecular formula is C18H35N5O5. The molecule has 0 aliphatic heterocycles. The fourth-order valence-corrected chi connectivity index (χ4v) is 2.40. The molecule has 0 radical (unpaired) electrons. The number of carboxylic acids is 1. The van der Waals surface area contributed by atoms with Gasteiger partial charge in [-0.1, -0.05) is 20.3 Å². The van der Waals surface area contributed by atoms with Crippen LogP contribution in [-0.4, -0.2) is 59.5 Å². The summed E-state index contributed by atoms with van der Waals surface area (Å²) >= 11 is 0. The number of nitrogens with two attached hydrogens (primary N) is 2. The van der Waals surface area contributed by atoms with Gasteiger partial charge in [-0.15, -0.1) is 0 Å². The van der Waals surface area contributed by atoms with E-state index in [1.54, 1.807) is 0 Å². The molecule has 28 heavy (non-hydrogen) atoms. The van der Waals surface area contributed by atoms with Crippen molar-refractivity contribution in [1.29, 1.82) is 0 Å². The molecule has 8 N–H and O–H groups in total. The van der Waals surface area contributed by atoms with Gasteiger partial charge in [0, 0.05) is 0 Å².